The molecule has 3 aromatic rings. The summed E-state index contributed by atoms with van der Waals surface area (Å²) in [6.45, 7) is 7.64. The largest absolute Gasteiger partial charge is 0.467 e. The van der Waals surface area contributed by atoms with Gasteiger partial charge >= 0.3 is 12.0 Å². The predicted molar refractivity (Wildman–Crippen MR) is 166 cm³/mol. The number of methoxy groups -OCH3 is 1. The molecule has 4 atom stereocenters. The van der Waals surface area contributed by atoms with Crippen molar-refractivity contribution in [3.63, 3.8) is 0 Å². The van der Waals surface area contributed by atoms with Crippen molar-refractivity contribution in [3.8, 4) is 0 Å². The van der Waals surface area contributed by atoms with Crippen LogP contribution in [0.15, 0.2) is 91.0 Å². The lowest BCUT2D eigenvalue weighted by Crippen LogP contribution is -2.60. The Hall–Kier alpha value is -4.17. The molecule has 0 spiro atoms. The van der Waals surface area contributed by atoms with Crippen LogP contribution in [0.3, 0.4) is 0 Å². The third-order valence-electron chi connectivity index (χ3n) is 8.88. The molecule has 8 heteroatoms. The second kappa shape index (κ2) is 12.6. The van der Waals surface area contributed by atoms with Crippen LogP contribution < -0.4 is 0 Å². The summed E-state index contributed by atoms with van der Waals surface area (Å²) in [4.78, 5) is 47.4. The zero-order valence-corrected chi connectivity index (χ0v) is 25.7. The SMILES string of the molecule is COC(=O)[C@H](C(C)C)N(C)C(=O)N1CCN(C(=O)[C@@H]2CN2C(c2ccccc2)(c2ccccc2)c2ccccc2)[C@H](C)C1. The van der Waals surface area contributed by atoms with Crippen LogP contribution >= 0.6 is 0 Å². The Labute approximate surface area is 254 Å². The number of likely N-dealkylation sites (N-methyl/N-ethyl adjacent to an activating group) is 1. The van der Waals surface area contributed by atoms with Gasteiger partial charge in [0.15, 0.2) is 0 Å². The number of amides is 3. The lowest BCUT2D eigenvalue weighted by atomic mass is 9.76. The van der Waals surface area contributed by atoms with Crippen LogP contribution in [-0.2, 0) is 19.9 Å². The van der Waals surface area contributed by atoms with Crippen molar-refractivity contribution in [3.05, 3.63) is 108 Å². The number of esters is 1. The summed E-state index contributed by atoms with van der Waals surface area (Å²) in [7, 11) is 2.98. The van der Waals surface area contributed by atoms with Crippen LogP contribution in [0.5, 0.6) is 0 Å². The minimum absolute atomic E-state index is 0.0785. The Morgan fingerprint density at radius 2 is 1.30 bits per heavy atom. The molecule has 0 saturated carbocycles. The first kappa shape index (κ1) is 30.3. The van der Waals surface area contributed by atoms with E-state index in [0.717, 1.165) is 16.7 Å². The first-order chi connectivity index (χ1) is 20.7. The van der Waals surface area contributed by atoms with Crippen molar-refractivity contribution in [1.29, 1.82) is 0 Å². The predicted octanol–water partition coefficient (Wildman–Crippen LogP) is 4.44. The van der Waals surface area contributed by atoms with Gasteiger partial charge in [0.05, 0.1) is 12.6 Å². The second-order valence-corrected chi connectivity index (χ2v) is 11.9. The van der Waals surface area contributed by atoms with Crippen LogP contribution in [0.4, 0.5) is 4.79 Å². The van der Waals surface area contributed by atoms with Gasteiger partial charge in [-0.25, -0.2) is 9.59 Å². The Bertz CT molecular complexity index is 1320. The summed E-state index contributed by atoms with van der Waals surface area (Å²) < 4.78 is 4.96. The molecule has 2 aliphatic heterocycles. The number of hydrogen-bond acceptors (Lipinski definition) is 5. The van der Waals surface area contributed by atoms with Gasteiger partial charge in [-0.3, -0.25) is 9.69 Å². The average molecular weight is 583 g/mol. The molecule has 0 bridgehead atoms. The third-order valence-corrected chi connectivity index (χ3v) is 8.88. The van der Waals surface area contributed by atoms with E-state index in [1.165, 1.54) is 12.0 Å². The summed E-state index contributed by atoms with van der Waals surface area (Å²) in [6.07, 6.45) is 0. The van der Waals surface area contributed by atoms with Gasteiger partial charge in [-0.1, -0.05) is 105 Å². The van der Waals surface area contributed by atoms with Gasteiger partial charge in [0, 0.05) is 39.3 Å². The zero-order valence-electron chi connectivity index (χ0n) is 25.7. The highest BCUT2D eigenvalue weighted by Gasteiger charge is 2.57. The van der Waals surface area contributed by atoms with Crippen molar-refractivity contribution in [2.75, 3.05) is 40.3 Å². The number of hydrogen-bond donors (Lipinski definition) is 0. The second-order valence-electron chi connectivity index (χ2n) is 11.9. The standard InChI is InChI=1S/C35H42N4O4/c1-25(2)31(33(41)43-5)36(4)34(42)37-21-22-38(26(3)23-37)32(40)30-24-39(30)35(27-15-9-6-10-16-27,28-17-11-7-12-18-28)29-19-13-8-14-20-29/h6-20,25-26,30-31H,21-24H2,1-5H3/t26-,30+,31+,39?/m1/s1. The topological polar surface area (TPSA) is 73.2 Å². The molecule has 1 unspecified atom stereocenters. The summed E-state index contributed by atoms with van der Waals surface area (Å²) in [5.74, 6) is -0.448. The molecule has 226 valence electrons. The Morgan fingerprint density at radius 3 is 1.72 bits per heavy atom. The molecular formula is C35H42N4O4. The quantitative estimate of drug-likeness (QED) is 0.223. The lowest BCUT2D eigenvalue weighted by molar-refractivity contribution is -0.147. The maximum atomic E-state index is 14.2. The molecule has 8 nitrogen and oxygen atoms in total. The normalized spacial score (nSPS) is 20.8. The maximum Gasteiger partial charge on any atom is 0.328 e. The van der Waals surface area contributed by atoms with Gasteiger partial charge in [0.25, 0.3) is 0 Å². The van der Waals surface area contributed by atoms with E-state index >= 15 is 0 Å². The van der Waals surface area contributed by atoms with Crippen molar-refractivity contribution < 1.29 is 19.1 Å². The molecule has 0 aliphatic carbocycles. The third kappa shape index (κ3) is 5.64. The number of rotatable bonds is 8. The summed E-state index contributed by atoms with van der Waals surface area (Å²) in [5, 5.41) is 0. The lowest BCUT2D eigenvalue weighted by Gasteiger charge is -2.43. The van der Waals surface area contributed by atoms with Crippen LogP contribution in [0.1, 0.15) is 37.5 Å². The summed E-state index contributed by atoms with van der Waals surface area (Å²) in [5.41, 5.74) is 2.70. The number of ether oxygens (including phenoxy) is 1. The number of benzene rings is 3. The van der Waals surface area contributed by atoms with Crippen molar-refractivity contribution in [2.45, 2.75) is 44.4 Å². The molecule has 2 fully saturated rings. The molecular weight excluding hydrogens is 540 g/mol. The minimum Gasteiger partial charge on any atom is -0.467 e. The maximum absolute atomic E-state index is 14.2. The fraction of sp³-hybridized carbons (Fsp3) is 0.400. The molecule has 43 heavy (non-hydrogen) atoms. The van der Waals surface area contributed by atoms with Crippen molar-refractivity contribution in [2.24, 2.45) is 5.92 Å². The van der Waals surface area contributed by atoms with Crippen LogP contribution in [-0.4, -0.2) is 96.0 Å². The van der Waals surface area contributed by atoms with Gasteiger partial charge in [-0.05, 0) is 29.5 Å². The van der Waals surface area contributed by atoms with Crippen LogP contribution in [0, 0.1) is 5.92 Å². The number of nitrogens with zero attached hydrogens (tertiary/aromatic N) is 4. The molecule has 3 amide bonds. The molecule has 3 aromatic carbocycles. The van der Waals surface area contributed by atoms with Crippen LogP contribution in [0.25, 0.3) is 0 Å². The first-order valence-corrected chi connectivity index (χ1v) is 15.0. The zero-order chi connectivity index (χ0) is 30.7. The molecule has 0 aromatic heterocycles. The first-order valence-electron chi connectivity index (χ1n) is 15.0. The Kier molecular flexibility index (Phi) is 8.87. The summed E-state index contributed by atoms with van der Waals surface area (Å²) in [6, 6.07) is 29.8. The van der Waals surface area contributed by atoms with Crippen molar-refractivity contribution >= 4 is 17.9 Å². The summed E-state index contributed by atoms with van der Waals surface area (Å²) >= 11 is 0. The number of urea groups is 1. The van der Waals surface area contributed by atoms with Gasteiger partial charge in [0.2, 0.25) is 5.91 Å². The Balaban J connectivity index is 1.38. The Morgan fingerprint density at radius 1 is 0.814 bits per heavy atom. The average Bonchev–Trinajstić information content (AvgIpc) is 3.83. The fourth-order valence-corrected chi connectivity index (χ4v) is 6.75. The van der Waals surface area contributed by atoms with Gasteiger partial charge < -0.3 is 19.4 Å². The van der Waals surface area contributed by atoms with Crippen LogP contribution in [0.2, 0.25) is 0 Å². The molecule has 2 heterocycles. The fourth-order valence-electron chi connectivity index (χ4n) is 6.75. The van der Waals surface area contributed by atoms with Crippen molar-refractivity contribution in [1.82, 2.24) is 19.6 Å². The van der Waals surface area contributed by atoms with Gasteiger partial charge in [-0.2, -0.15) is 0 Å². The van der Waals surface area contributed by atoms with E-state index in [4.69, 9.17) is 4.74 Å². The molecule has 2 saturated heterocycles. The molecule has 0 radical (unpaired) electrons. The monoisotopic (exact) mass is 582 g/mol. The minimum atomic E-state index is -0.672. The smallest absolute Gasteiger partial charge is 0.328 e. The van der Waals surface area contributed by atoms with Gasteiger partial charge in [0.1, 0.15) is 12.1 Å². The molecule has 2 aliphatic rings. The number of piperazine rings is 1. The highest BCUT2D eigenvalue weighted by Crippen LogP contribution is 2.48. The number of carbonyl (C=O) groups is 3. The van der Waals surface area contributed by atoms with E-state index < -0.39 is 17.6 Å². The van der Waals surface area contributed by atoms with E-state index in [9.17, 15) is 14.4 Å². The highest BCUT2D eigenvalue weighted by atomic mass is 16.5. The van der Waals surface area contributed by atoms with E-state index in [1.54, 1.807) is 11.9 Å². The van der Waals surface area contributed by atoms with E-state index in [-0.39, 0.29) is 29.9 Å². The van der Waals surface area contributed by atoms with E-state index in [1.807, 2.05) is 43.9 Å². The van der Waals surface area contributed by atoms with E-state index in [0.29, 0.717) is 26.2 Å². The number of carbonyl (C=O) groups excluding carboxylic acids is 3. The highest BCUT2D eigenvalue weighted by molar-refractivity contribution is 5.87. The van der Waals surface area contributed by atoms with E-state index in [2.05, 4.69) is 77.7 Å². The van der Waals surface area contributed by atoms with Gasteiger partial charge in [-0.15, -0.1) is 0 Å². The molecule has 5 rings (SSSR count). The molecule has 0 N–H and O–H groups in total.